The monoisotopic (exact) mass is 482 g/mol. The molecule has 0 aromatic heterocycles. The second kappa shape index (κ2) is 10.4. The first-order chi connectivity index (χ1) is 16.1. The maximum Gasteiger partial charge on any atom is 0.338 e. The predicted molar refractivity (Wildman–Crippen MR) is 130 cm³/mol. The number of sulfonamides is 1. The Morgan fingerprint density at radius 2 is 1.65 bits per heavy atom. The van der Waals surface area contributed by atoms with E-state index in [-0.39, 0.29) is 10.5 Å². The molecular weight excluding hydrogens is 456 g/mol. The van der Waals surface area contributed by atoms with Crippen LogP contribution in [0.1, 0.15) is 21.5 Å². The summed E-state index contributed by atoms with van der Waals surface area (Å²) in [5, 5.41) is 2.70. The van der Waals surface area contributed by atoms with Gasteiger partial charge in [0.15, 0.2) is 6.61 Å². The molecule has 0 aliphatic carbocycles. The molecule has 9 heteroatoms. The van der Waals surface area contributed by atoms with Crippen LogP contribution in [0, 0.1) is 13.8 Å². The van der Waals surface area contributed by atoms with Gasteiger partial charge >= 0.3 is 5.97 Å². The second-order valence-corrected chi connectivity index (χ2v) is 9.58. The van der Waals surface area contributed by atoms with Crippen molar-refractivity contribution in [1.82, 2.24) is 0 Å². The Morgan fingerprint density at radius 3 is 2.29 bits per heavy atom. The van der Waals surface area contributed by atoms with Crippen molar-refractivity contribution in [3.63, 3.8) is 0 Å². The Bertz CT molecular complexity index is 1300. The molecular formula is C25H26N2O6S. The van der Waals surface area contributed by atoms with Crippen LogP contribution >= 0.6 is 0 Å². The van der Waals surface area contributed by atoms with Crippen molar-refractivity contribution in [2.24, 2.45) is 0 Å². The Labute approximate surface area is 199 Å². The first-order valence-electron chi connectivity index (χ1n) is 10.4. The number of aryl methyl sites for hydroxylation is 2. The van der Waals surface area contributed by atoms with Gasteiger partial charge in [0.05, 0.1) is 23.3 Å². The molecule has 8 nitrogen and oxygen atoms in total. The van der Waals surface area contributed by atoms with Crippen LogP contribution in [0.25, 0.3) is 0 Å². The maximum atomic E-state index is 13.0. The minimum Gasteiger partial charge on any atom is -0.495 e. The average Bonchev–Trinajstić information content (AvgIpc) is 2.83. The molecule has 3 rings (SSSR count). The Morgan fingerprint density at radius 1 is 0.971 bits per heavy atom. The summed E-state index contributed by atoms with van der Waals surface area (Å²) in [6, 6.07) is 17.6. The van der Waals surface area contributed by atoms with E-state index in [1.54, 1.807) is 30.3 Å². The third-order valence-electron chi connectivity index (χ3n) is 5.16. The molecule has 0 aliphatic heterocycles. The molecule has 0 atom stereocenters. The number of methoxy groups -OCH3 is 1. The second-order valence-electron chi connectivity index (χ2n) is 7.61. The standard InChI is InChI=1S/C25H26N2O6S/c1-17-9-14-21(18(2)15-17)26-24(28)16-33-25(29)19-10-12-20(13-11-19)34(30,31)27(3)22-7-5-6-8-23(22)32-4/h5-15H,16H2,1-4H3,(H,26,28). The summed E-state index contributed by atoms with van der Waals surface area (Å²) < 4.78 is 37.5. The molecule has 34 heavy (non-hydrogen) atoms. The molecule has 0 aliphatic rings. The van der Waals surface area contributed by atoms with Gasteiger partial charge in [0, 0.05) is 12.7 Å². The van der Waals surface area contributed by atoms with E-state index in [9.17, 15) is 18.0 Å². The van der Waals surface area contributed by atoms with E-state index in [2.05, 4.69) is 5.32 Å². The van der Waals surface area contributed by atoms with Crippen LogP contribution < -0.4 is 14.4 Å². The number of anilines is 2. The molecule has 0 bridgehead atoms. The van der Waals surface area contributed by atoms with Crippen LogP contribution in [0.15, 0.2) is 71.6 Å². The van der Waals surface area contributed by atoms with Gasteiger partial charge in [-0.1, -0.05) is 29.8 Å². The average molecular weight is 483 g/mol. The van der Waals surface area contributed by atoms with Crippen LogP contribution in [0.4, 0.5) is 11.4 Å². The number of ether oxygens (including phenoxy) is 2. The van der Waals surface area contributed by atoms with Crippen molar-refractivity contribution in [2.75, 3.05) is 30.4 Å². The van der Waals surface area contributed by atoms with Gasteiger partial charge in [-0.05, 0) is 61.9 Å². The molecule has 0 heterocycles. The third-order valence-corrected chi connectivity index (χ3v) is 6.95. The molecule has 1 amide bonds. The van der Waals surface area contributed by atoms with E-state index in [4.69, 9.17) is 9.47 Å². The smallest absolute Gasteiger partial charge is 0.338 e. The van der Waals surface area contributed by atoms with Crippen LogP contribution in [-0.4, -0.2) is 41.1 Å². The lowest BCUT2D eigenvalue weighted by Gasteiger charge is -2.21. The predicted octanol–water partition coefficient (Wildman–Crippen LogP) is 3.93. The van der Waals surface area contributed by atoms with Crippen molar-refractivity contribution in [2.45, 2.75) is 18.7 Å². The number of benzene rings is 3. The van der Waals surface area contributed by atoms with Crippen LogP contribution in [0.5, 0.6) is 5.75 Å². The Kier molecular flexibility index (Phi) is 7.57. The van der Waals surface area contributed by atoms with Gasteiger partial charge in [0.25, 0.3) is 15.9 Å². The highest BCUT2D eigenvalue weighted by Gasteiger charge is 2.24. The minimum absolute atomic E-state index is 0.00922. The number of nitrogens with zero attached hydrogens (tertiary/aromatic N) is 1. The normalized spacial score (nSPS) is 10.9. The summed E-state index contributed by atoms with van der Waals surface area (Å²) in [5.41, 5.74) is 3.11. The number of hydrogen-bond donors (Lipinski definition) is 1. The first-order valence-corrected chi connectivity index (χ1v) is 11.8. The Hall–Kier alpha value is -3.85. The molecule has 0 fully saturated rings. The topological polar surface area (TPSA) is 102 Å². The van der Waals surface area contributed by atoms with E-state index in [0.717, 1.165) is 15.4 Å². The zero-order chi connectivity index (χ0) is 24.9. The molecule has 0 radical (unpaired) electrons. The number of rotatable bonds is 8. The van der Waals surface area contributed by atoms with Gasteiger partial charge in [-0.15, -0.1) is 0 Å². The lowest BCUT2D eigenvalue weighted by molar-refractivity contribution is -0.119. The van der Waals surface area contributed by atoms with Crippen molar-refractivity contribution in [1.29, 1.82) is 0 Å². The fourth-order valence-electron chi connectivity index (χ4n) is 3.30. The number of esters is 1. The van der Waals surface area contributed by atoms with E-state index in [0.29, 0.717) is 17.1 Å². The molecule has 178 valence electrons. The van der Waals surface area contributed by atoms with E-state index in [1.807, 2.05) is 26.0 Å². The van der Waals surface area contributed by atoms with Gasteiger partial charge in [0.1, 0.15) is 5.75 Å². The number of carbonyl (C=O) groups is 2. The van der Waals surface area contributed by atoms with Gasteiger partial charge in [-0.3, -0.25) is 9.10 Å². The number of amides is 1. The maximum absolute atomic E-state index is 13.0. The number of carbonyl (C=O) groups excluding carboxylic acids is 2. The fourth-order valence-corrected chi connectivity index (χ4v) is 4.50. The molecule has 0 saturated heterocycles. The van der Waals surface area contributed by atoms with Crippen molar-refractivity contribution >= 4 is 33.3 Å². The third kappa shape index (κ3) is 5.55. The summed E-state index contributed by atoms with van der Waals surface area (Å²) >= 11 is 0. The van der Waals surface area contributed by atoms with Gasteiger partial charge in [-0.25, -0.2) is 13.2 Å². The van der Waals surface area contributed by atoms with Crippen LogP contribution in [0.2, 0.25) is 0 Å². The molecule has 3 aromatic carbocycles. The van der Waals surface area contributed by atoms with Gasteiger partial charge in [-0.2, -0.15) is 0 Å². The van der Waals surface area contributed by atoms with E-state index < -0.39 is 28.5 Å². The largest absolute Gasteiger partial charge is 0.495 e. The minimum atomic E-state index is -3.90. The summed E-state index contributed by atoms with van der Waals surface area (Å²) in [5.74, 6) is -0.802. The lowest BCUT2D eigenvalue weighted by Crippen LogP contribution is -2.27. The fraction of sp³-hybridized carbons (Fsp3) is 0.200. The van der Waals surface area contributed by atoms with Crippen molar-refractivity contribution in [3.05, 3.63) is 83.4 Å². The van der Waals surface area contributed by atoms with Crippen LogP contribution in [0.3, 0.4) is 0 Å². The van der Waals surface area contributed by atoms with Crippen LogP contribution in [-0.2, 0) is 19.6 Å². The highest BCUT2D eigenvalue weighted by atomic mass is 32.2. The Balaban J connectivity index is 1.65. The van der Waals surface area contributed by atoms with E-state index >= 15 is 0 Å². The van der Waals surface area contributed by atoms with Gasteiger partial charge < -0.3 is 14.8 Å². The SMILES string of the molecule is COc1ccccc1N(C)S(=O)(=O)c1ccc(C(=O)OCC(=O)Nc2ccc(C)cc2C)cc1. The summed E-state index contributed by atoms with van der Waals surface area (Å²) in [4.78, 5) is 24.5. The van der Waals surface area contributed by atoms with Gasteiger partial charge in [0.2, 0.25) is 0 Å². The number of para-hydroxylation sites is 2. The van der Waals surface area contributed by atoms with Crippen molar-refractivity contribution in [3.8, 4) is 5.75 Å². The van der Waals surface area contributed by atoms with E-state index in [1.165, 1.54) is 38.4 Å². The summed E-state index contributed by atoms with van der Waals surface area (Å²) in [6.07, 6.45) is 0. The molecule has 3 aromatic rings. The summed E-state index contributed by atoms with van der Waals surface area (Å²) in [6.45, 7) is 3.35. The molecule has 0 spiro atoms. The quantitative estimate of drug-likeness (QED) is 0.488. The zero-order valence-electron chi connectivity index (χ0n) is 19.4. The molecule has 1 N–H and O–H groups in total. The highest BCUT2D eigenvalue weighted by Crippen LogP contribution is 2.30. The zero-order valence-corrected chi connectivity index (χ0v) is 20.2. The highest BCUT2D eigenvalue weighted by molar-refractivity contribution is 7.92. The molecule has 0 saturated carbocycles. The van der Waals surface area contributed by atoms with Crippen molar-refractivity contribution < 1.29 is 27.5 Å². The lowest BCUT2D eigenvalue weighted by atomic mass is 10.1. The molecule has 0 unspecified atom stereocenters. The first kappa shape index (κ1) is 24.8. The number of nitrogens with one attached hydrogen (secondary N) is 1. The number of hydrogen-bond acceptors (Lipinski definition) is 6. The summed E-state index contributed by atoms with van der Waals surface area (Å²) in [7, 11) is -1.02.